The molecule has 0 bridgehead atoms. The topological polar surface area (TPSA) is 93.9 Å². The first kappa shape index (κ1) is 19.8. The quantitative estimate of drug-likeness (QED) is 0.717. The fraction of sp³-hybridized carbons (Fsp3) is 0.500. The predicted octanol–water partition coefficient (Wildman–Crippen LogP) is 1.00. The number of imidazole rings is 1. The van der Waals surface area contributed by atoms with Crippen molar-refractivity contribution in [3.63, 3.8) is 0 Å². The standard InChI is InChI=1S/C18H25N3O5S/c1-20(2)27(23,24)13-15-11-25-12-17(15)21-7-6-19-18(21)14-4-3-5-16(10-14)26-9-8-22/h3-7,10,15,17,22H,8-9,11-13H2,1-2H3/t15-,17+/m0/s1. The average molecular weight is 395 g/mol. The summed E-state index contributed by atoms with van der Waals surface area (Å²) in [6.45, 7) is 1.01. The van der Waals surface area contributed by atoms with Crippen LogP contribution in [0, 0.1) is 5.92 Å². The first-order valence-electron chi connectivity index (χ1n) is 8.77. The summed E-state index contributed by atoms with van der Waals surface area (Å²) in [5, 5.41) is 8.92. The van der Waals surface area contributed by atoms with Gasteiger partial charge in [-0.25, -0.2) is 17.7 Å². The molecule has 0 unspecified atom stereocenters. The van der Waals surface area contributed by atoms with Crippen LogP contribution in [0.15, 0.2) is 36.7 Å². The Morgan fingerprint density at radius 3 is 2.93 bits per heavy atom. The monoisotopic (exact) mass is 395 g/mol. The van der Waals surface area contributed by atoms with E-state index in [0.717, 1.165) is 11.4 Å². The number of sulfonamides is 1. The molecule has 1 aliphatic rings. The van der Waals surface area contributed by atoms with Gasteiger partial charge in [-0.15, -0.1) is 0 Å². The first-order valence-corrected chi connectivity index (χ1v) is 10.4. The summed E-state index contributed by atoms with van der Waals surface area (Å²) in [6, 6.07) is 7.35. The van der Waals surface area contributed by atoms with Crippen molar-refractivity contribution in [3.05, 3.63) is 36.7 Å². The van der Waals surface area contributed by atoms with E-state index in [1.807, 2.05) is 35.0 Å². The molecule has 9 heteroatoms. The molecular weight excluding hydrogens is 370 g/mol. The molecule has 148 valence electrons. The molecule has 1 aromatic heterocycles. The molecule has 1 fully saturated rings. The summed E-state index contributed by atoms with van der Waals surface area (Å²) in [4.78, 5) is 4.46. The van der Waals surface area contributed by atoms with Crippen LogP contribution in [0.5, 0.6) is 5.75 Å². The number of aliphatic hydroxyl groups excluding tert-OH is 1. The minimum atomic E-state index is -3.32. The van der Waals surface area contributed by atoms with Crippen molar-refractivity contribution in [2.45, 2.75) is 6.04 Å². The number of aliphatic hydroxyl groups is 1. The highest BCUT2D eigenvalue weighted by Gasteiger charge is 2.35. The minimum absolute atomic E-state index is 0.0297. The maximum atomic E-state index is 12.3. The van der Waals surface area contributed by atoms with Gasteiger partial charge in [0.05, 0.1) is 31.6 Å². The number of rotatable bonds is 8. The molecule has 27 heavy (non-hydrogen) atoms. The Labute approximate surface area is 159 Å². The Kier molecular flexibility index (Phi) is 6.15. The zero-order chi connectivity index (χ0) is 19.4. The summed E-state index contributed by atoms with van der Waals surface area (Å²) in [5.41, 5.74) is 0.858. The van der Waals surface area contributed by atoms with Crippen LogP contribution in [0.3, 0.4) is 0 Å². The summed E-state index contributed by atoms with van der Waals surface area (Å²) < 4.78 is 38.9. The number of hydrogen-bond donors (Lipinski definition) is 1. The highest BCUT2D eigenvalue weighted by Crippen LogP contribution is 2.32. The van der Waals surface area contributed by atoms with Crippen molar-refractivity contribution in [2.75, 3.05) is 46.3 Å². The second-order valence-electron chi connectivity index (χ2n) is 6.68. The molecule has 1 aromatic carbocycles. The molecule has 2 atom stereocenters. The molecule has 0 amide bonds. The van der Waals surface area contributed by atoms with Crippen molar-refractivity contribution in [2.24, 2.45) is 5.92 Å². The van der Waals surface area contributed by atoms with Gasteiger partial charge in [-0.05, 0) is 12.1 Å². The Hall–Kier alpha value is -1.94. The van der Waals surface area contributed by atoms with Crippen molar-refractivity contribution in [3.8, 4) is 17.1 Å². The van der Waals surface area contributed by atoms with Gasteiger partial charge in [0.25, 0.3) is 0 Å². The lowest BCUT2D eigenvalue weighted by molar-refractivity contribution is 0.182. The summed E-state index contributed by atoms with van der Waals surface area (Å²) >= 11 is 0. The lowest BCUT2D eigenvalue weighted by atomic mass is 10.1. The fourth-order valence-corrected chi connectivity index (χ4v) is 4.32. The number of ether oxygens (including phenoxy) is 2. The minimum Gasteiger partial charge on any atom is -0.491 e. The van der Waals surface area contributed by atoms with Crippen LogP contribution >= 0.6 is 0 Å². The van der Waals surface area contributed by atoms with E-state index in [1.54, 1.807) is 20.3 Å². The number of hydrogen-bond acceptors (Lipinski definition) is 6. The highest BCUT2D eigenvalue weighted by atomic mass is 32.2. The van der Waals surface area contributed by atoms with Crippen LogP contribution in [-0.4, -0.2) is 73.7 Å². The van der Waals surface area contributed by atoms with E-state index in [0.29, 0.717) is 19.0 Å². The van der Waals surface area contributed by atoms with Gasteiger partial charge in [0.1, 0.15) is 18.2 Å². The van der Waals surface area contributed by atoms with Crippen LogP contribution in [0.2, 0.25) is 0 Å². The van der Waals surface area contributed by atoms with E-state index < -0.39 is 10.0 Å². The second kappa shape index (κ2) is 8.39. The van der Waals surface area contributed by atoms with Gasteiger partial charge in [-0.3, -0.25) is 0 Å². The van der Waals surface area contributed by atoms with Gasteiger partial charge in [0, 0.05) is 38.0 Å². The summed E-state index contributed by atoms with van der Waals surface area (Å²) in [6.07, 6.45) is 3.55. The van der Waals surface area contributed by atoms with Crippen LogP contribution in [-0.2, 0) is 14.8 Å². The maximum absolute atomic E-state index is 12.3. The predicted molar refractivity (Wildman–Crippen MR) is 101 cm³/mol. The third-order valence-electron chi connectivity index (χ3n) is 4.62. The molecule has 8 nitrogen and oxygen atoms in total. The molecule has 0 spiro atoms. The normalized spacial score (nSPS) is 20.3. The maximum Gasteiger partial charge on any atom is 0.214 e. The largest absolute Gasteiger partial charge is 0.491 e. The molecular formula is C18H25N3O5S. The van der Waals surface area contributed by atoms with Gasteiger partial charge in [-0.2, -0.15) is 0 Å². The Balaban J connectivity index is 1.86. The van der Waals surface area contributed by atoms with Gasteiger partial charge in [-0.1, -0.05) is 12.1 Å². The third kappa shape index (κ3) is 4.49. The van der Waals surface area contributed by atoms with Gasteiger partial charge in [0.2, 0.25) is 10.0 Å². The van der Waals surface area contributed by atoms with Crippen molar-refractivity contribution in [1.82, 2.24) is 13.9 Å². The molecule has 1 saturated heterocycles. The second-order valence-corrected chi connectivity index (χ2v) is 8.91. The molecule has 1 aliphatic heterocycles. The van der Waals surface area contributed by atoms with Crippen molar-refractivity contribution < 1.29 is 23.0 Å². The third-order valence-corrected chi connectivity index (χ3v) is 6.59. The molecule has 0 aliphatic carbocycles. The van der Waals surface area contributed by atoms with Crippen LogP contribution < -0.4 is 4.74 Å². The molecule has 0 saturated carbocycles. The molecule has 2 heterocycles. The molecule has 1 N–H and O–H groups in total. The molecule has 0 radical (unpaired) electrons. The van der Waals surface area contributed by atoms with Gasteiger partial charge in [0.15, 0.2) is 0 Å². The van der Waals surface area contributed by atoms with E-state index in [1.165, 1.54) is 4.31 Å². The van der Waals surface area contributed by atoms with Crippen LogP contribution in [0.4, 0.5) is 0 Å². The first-order chi connectivity index (χ1) is 12.9. The van der Waals surface area contributed by atoms with Crippen molar-refractivity contribution >= 4 is 10.0 Å². The van der Waals surface area contributed by atoms with E-state index >= 15 is 0 Å². The van der Waals surface area contributed by atoms with Crippen LogP contribution in [0.1, 0.15) is 6.04 Å². The summed E-state index contributed by atoms with van der Waals surface area (Å²) in [7, 11) is -0.239. The van der Waals surface area contributed by atoms with E-state index in [4.69, 9.17) is 14.6 Å². The lowest BCUT2D eigenvalue weighted by Gasteiger charge is -2.22. The fourth-order valence-electron chi connectivity index (χ4n) is 3.17. The van der Waals surface area contributed by atoms with E-state index in [-0.39, 0.29) is 30.9 Å². The number of benzene rings is 1. The molecule has 2 aromatic rings. The number of aromatic nitrogens is 2. The zero-order valence-corrected chi connectivity index (χ0v) is 16.3. The van der Waals surface area contributed by atoms with E-state index in [2.05, 4.69) is 4.98 Å². The Morgan fingerprint density at radius 1 is 1.37 bits per heavy atom. The van der Waals surface area contributed by atoms with Gasteiger partial charge < -0.3 is 19.1 Å². The number of nitrogens with zero attached hydrogens (tertiary/aromatic N) is 3. The van der Waals surface area contributed by atoms with Crippen molar-refractivity contribution in [1.29, 1.82) is 0 Å². The smallest absolute Gasteiger partial charge is 0.214 e. The lowest BCUT2D eigenvalue weighted by Crippen LogP contribution is -2.32. The van der Waals surface area contributed by atoms with Crippen LogP contribution in [0.25, 0.3) is 11.4 Å². The highest BCUT2D eigenvalue weighted by molar-refractivity contribution is 7.89. The zero-order valence-electron chi connectivity index (χ0n) is 15.5. The Morgan fingerprint density at radius 2 is 2.19 bits per heavy atom. The molecule has 3 rings (SSSR count). The summed E-state index contributed by atoms with van der Waals surface area (Å²) in [5.74, 6) is 1.25. The average Bonchev–Trinajstić information content (AvgIpc) is 3.28. The van der Waals surface area contributed by atoms with Gasteiger partial charge >= 0.3 is 0 Å². The Bertz CT molecular complexity index is 865. The SMILES string of the molecule is CN(C)S(=O)(=O)C[C@@H]1COC[C@H]1n1ccnc1-c1cccc(OCCO)c1. The van der Waals surface area contributed by atoms with E-state index in [9.17, 15) is 8.42 Å².